The number of anilines is 1. The van der Waals surface area contributed by atoms with Crippen LogP contribution >= 0.6 is 22.7 Å². The topological polar surface area (TPSA) is 68.0 Å². The lowest BCUT2D eigenvalue weighted by Gasteiger charge is -2.03. The van der Waals surface area contributed by atoms with Crippen molar-refractivity contribution in [2.45, 2.75) is 13.5 Å². The van der Waals surface area contributed by atoms with Gasteiger partial charge in [-0.15, -0.1) is 22.7 Å². The molecule has 0 aliphatic rings. The standard InChI is InChI=1S/C14H12FN3OS2/c1-7-11(20-6-18-7)5-17-14(19)13-12(16)9-4-8(15)2-3-10(9)21-13/h2-4,6H,5,16H2,1H3,(H,17,19). The fraction of sp³-hybridized carbons (Fsp3) is 0.143. The Morgan fingerprint density at radius 1 is 1.48 bits per heavy atom. The lowest BCUT2D eigenvalue weighted by atomic mass is 10.2. The molecule has 2 heterocycles. The number of thiophene rings is 1. The van der Waals surface area contributed by atoms with Crippen LogP contribution in [0, 0.1) is 12.7 Å². The lowest BCUT2D eigenvalue weighted by Crippen LogP contribution is -2.22. The second kappa shape index (κ2) is 5.42. The molecule has 1 aromatic carbocycles. The van der Waals surface area contributed by atoms with Gasteiger partial charge in [-0.3, -0.25) is 4.79 Å². The van der Waals surface area contributed by atoms with Crippen LogP contribution < -0.4 is 11.1 Å². The van der Waals surface area contributed by atoms with E-state index in [0.29, 0.717) is 22.5 Å². The van der Waals surface area contributed by atoms with Crippen molar-refractivity contribution in [2.24, 2.45) is 0 Å². The molecule has 2 aromatic heterocycles. The van der Waals surface area contributed by atoms with Crippen LogP contribution in [0.15, 0.2) is 23.7 Å². The fourth-order valence-corrected chi connectivity index (χ4v) is 3.73. The second-order valence-corrected chi connectivity index (χ2v) is 6.52. The molecule has 4 nitrogen and oxygen atoms in total. The van der Waals surface area contributed by atoms with E-state index in [0.717, 1.165) is 15.3 Å². The van der Waals surface area contributed by atoms with Crippen LogP contribution in [0.4, 0.5) is 10.1 Å². The zero-order valence-electron chi connectivity index (χ0n) is 11.1. The number of nitrogens with one attached hydrogen (secondary N) is 1. The highest BCUT2D eigenvalue weighted by Crippen LogP contribution is 2.34. The molecule has 7 heteroatoms. The van der Waals surface area contributed by atoms with Crippen molar-refractivity contribution in [3.63, 3.8) is 0 Å². The number of benzene rings is 1. The van der Waals surface area contributed by atoms with Crippen LogP contribution in [0.1, 0.15) is 20.2 Å². The predicted molar refractivity (Wildman–Crippen MR) is 84.2 cm³/mol. The summed E-state index contributed by atoms with van der Waals surface area (Å²) in [5.41, 5.74) is 8.94. The Kier molecular flexibility index (Phi) is 3.60. The number of thiazole rings is 1. The first-order valence-electron chi connectivity index (χ1n) is 6.21. The SMILES string of the molecule is Cc1ncsc1CNC(=O)c1sc2ccc(F)cc2c1N. The highest BCUT2D eigenvalue weighted by atomic mass is 32.1. The molecule has 0 spiro atoms. The van der Waals surface area contributed by atoms with E-state index in [4.69, 9.17) is 5.73 Å². The van der Waals surface area contributed by atoms with E-state index in [2.05, 4.69) is 10.3 Å². The van der Waals surface area contributed by atoms with Gasteiger partial charge in [0, 0.05) is 15.0 Å². The second-order valence-electron chi connectivity index (χ2n) is 4.53. The number of aromatic nitrogens is 1. The van der Waals surface area contributed by atoms with Gasteiger partial charge in [-0.25, -0.2) is 9.37 Å². The molecule has 0 fully saturated rings. The van der Waals surface area contributed by atoms with Gasteiger partial charge in [-0.05, 0) is 25.1 Å². The molecule has 0 radical (unpaired) electrons. The number of nitrogens with zero attached hydrogens (tertiary/aromatic N) is 1. The van der Waals surface area contributed by atoms with E-state index in [-0.39, 0.29) is 11.7 Å². The van der Waals surface area contributed by atoms with Crippen molar-refractivity contribution in [2.75, 3.05) is 5.73 Å². The van der Waals surface area contributed by atoms with Gasteiger partial charge < -0.3 is 11.1 Å². The van der Waals surface area contributed by atoms with Gasteiger partial charge in [0.15, 0.2) is 0 Å². The molecule has 0 atom stereocenters. The fourth-order valence-electron chi connectivity index (χ4n) is 1.99. The Bertz CT molecular complexity index is 825. The van der Waals surface area contributed by atoms with Crippen molar-refractivity contribution in [1.29, 1.82) is 0 Å². The van der Waals surface area contributed by atoms with Gasteiger partial charge in [-0.1, -0.05) is 0 Å². The number of hydrogen-bond acceptors (Lipinski definition) is 5. The Labute approximate surface area is 128 Å². The first kappa shape index (κ1) is 14.0. The number of hydrogen-bond donors (Lipinski definition) is 2. The van der Waals surface area contributed by atoms with Crippen molar-refractivity contribution in [3.05, 3.63) is 45.0 Å². The van der Waals surface area contributed by atoms with Crippen LogP contribution in [-0.4, -0.2) is 10.9 Å². The highest BCUT2D eigenvalue weighted by Gasteiger charge is 2.17. The number of fused-ring (bicyclic) bond motifs is 1. The number of aryl methyl sites for hydroxylation is 1. The van der Waals surface area contributed by atoms with Crippen LogP contribution in [0.3, 0.4) is 0 Å². The quantitative estimate of drug-likeness (QED) is 0.777. The summed E-state index contributed by atoms with van der Waals surface area (Å²) in [7, 11) is 0. The molecular weight excluding hydrogens is 309 g/mol. The van der Waals surface area contributed by atoms with Crippen molar-refractivity contribution in [3.8, 4) is 0 Å². The van der Waals surface area contributed by atoms with Gasteiger partial charge in [-0.2, -0.15) is 0 Å². The highest BCUT2D eigenvalue weighted by molar-refractivity contribution is 7.21. The largest absolute Gasteiger partial charge is 0.397 e. The minimum Gasteiger partial charge on any atom is -0.397 e. The molecule has 21 heavy (non-hydrogen) atoms. The summed E-state index contributed by atoms with van der Waals surface area (Å²) in [4.78, 5) is 17.8. The van der Waals surface area contributed by atoms with Gasteiger partial charge in [0.1, 0.15) is 10.7 Å². The molecule has 0 aliphatic heterocycles. The number of rotatable bonds is 3. The summed E-state index contributed by atoms with van der Waals surface area (Å²) in [6.07, 6.45) is 0. The molecule has 0 aliphatic carbocycles. The number of nitrogens with two attached hydrogens (primary N) is 1. The molecule has 108 valence electrons. The maximum Gasteiger partial charge on any atom is 0.263 e. The zero-order chi connectivity index (χ0) is 15.0. The summed E-state index contributed by atoms with van der Waals surface area (Å²) in [6, 6.07) is 4.35. The van der Waals surface area contributed by atoms with Gasteiger partial charge in [0.2, 0.25) is 0 Å². The molecule has 0 saturated heterocycles. The molecule has 3 aromatic rings. The minimum absolute atomic E-state index is 0.248. The normalized spacial score (nSPS) is 11.0. The van der Waals surface area contributed by atoms with Crippen molar-refractivity contribution >= 4 is 44.4 Å². The minimum atomic E-state index is -0.362. The third-order valence-electron chi connectivity index (χ3n) is 3.15. The van der Waals surface area contributed by atoms with Crippen molar-refractivity contribution in [1.82, 2.24) is 10.3 Å². The van der Waals surface area contributed by atoms with Crippen LogP contribution in [-0.2, 0) is 6.54 Å². The lowest BCUT2D eigenvalue weighted by molar-refractivity contribution is 0.0956. The van der Waals surface area contributed by atoms with E-state index in [1.807, 2.05) is 6.92 Å². The van der Waals surface area contributed by atoms with Crippen LogP contribution in [0.5, 0.6) is 0 Å². The number of halogens is 1. The first-order chi connectivity index (χ1) is 10.1. The van der Waals surface area contributed by atoms with E-state index < -0.39 is 0 Å². The maximum absolute atomic E-state index is 13.2. The van der Waals surface area contributed by atoms with Crippen LogP contribution in [0.25, 0.3) is 10.1 Å². The summed E-state index contributed by atoms with van der Waals surface area (Å²) in [5, 5.41) is 3.41. The monoisotopic (exact) mass is 321 g/mol. The number of carbonyl (C=O) groups excluding carboxylic acids is 1. The Morgan fingerprint density at radius 2 is 2.29 bits per heavy atom. The van der Waals surface area contributed by atoms with Crippen molar-refractivity contribution < 1.29 is 9.18 Å². The first-order valence-corrected chi connectivity index (χ1v) is 7.90. The van der Waals surface area contributed by atoms with Gasteiger partial charge in [0.05, 0.1) is 23.4 Å². The average molecular weight is 321 g/mol. The van der Waals surface area contributed by atoms with Gasteiger partial charge >= 0.3 is 0 Å². The van der Waals surface area contributed by atoms with E-state index in [1.165, 1.54) is 34.8 Å². The average Bonchev–Trinajstić information content (AvgIpc) is 3.01. The number of amides is 1. The van der Waals surface area contributed by atoms with E-state index >= 15 is 0 Å². The summed E-state index contributed by atoms with van der Waals surface area (Å²) >= 11 is 2.76. The predicted octanol–water partition coefficient (Wildman–Crippen LogP) is 3.32. The molecule has 0 bridgehead atoms. The maximum atomic E-state index is 13.2. The Hall–Kier alpha value is -1.99. The number of nitrogen functional groups attached to an aromatic ring is 1. The smallest absolute Gasteiger partial charge is 0.263 e. The Morgan fingerprint density at radius 3 is 3.00 bits per heavy atom. The molecule has 0 unspecified atom stereocenters. The molecule has 3 N–H and O–H groups in total. The summed E-state index contributed by atoms with van der Waals surface area (Å²) in [5.74, 6) is -0.610. The molecular formula is C14H12FN3OS2. The zero-order valence-corrected chi connectivity index (χ0v) is 12.8. The Balaban J connectivity index is 1.84. The molecule has 1 amide bonds. The third kappa shape index (κ3) is 2.62. The molecule has 3 rings (SSSR count). The molecule has 0 saturated carbocycles. The summed E-state index contributed by atoms with van der Waals surface area (Å²) in [6.45, 7) is 2.31. The van der Waals surface area contributed by atoms with Crippen LogP contribution in [0.2, 0.25) is 0 Å². The third-order valence-corrected chi connectivity index (χ3v) is 5.27. The number of carbonyl (C=O) groups is 1. The summed E-state index contributed by atoms with van der Waals surface area (Å²) < 4.78 is 14.0. The van der Waals surface area contributed by atoms with Gasteiger partial charge in [0.25, 0.3) is 5.91 Å². The van der Waals surface area contributed by atoms with E-state index in [1.54, 1.807) is 11.6 Å². The van der Waals surface area contributed by atoms with E-state index in [9.17, 15) is 9.18 Å².